The number of hydrogen-bond acceptors (Lipinski definition) is 5. The Morgan fingerprint density at radius 3 is 2.75 bits per heavy atom. The Morgan fingerprint density at radius 1 is 1.45 bits per heavy atom. The fourth-order valence-corrected chi connectivity index (χ4v) is 3.21. The number of rotatable bonds is 6. The predicted octanol–water partition coefficient (Wildman–Crippen LogP) is 2.59. The summed E-state index contributed by atoms with van der Waals surface area (Å²) in [7, 11) is 3.59. The summed E-state index contributed by atoms with van der Waals surface area (Å²) in [4.78, 5) is 4.63. The lowest BCUT2D eigenvalue weighted by atomic mass is 10.1. The molecule has 1 N–H and O–H groups in total. The zero-order valence-corrected chi connectivity index (χ0v) is 13.5. The summed E-state index contributed by atoms with van der Waals surface area (Å²) in [6.07, 6.45) is 1.07. The first-order chi connectivity index (χ1) is 9.58. The molecule has 0 aliphatic carbocycles. The van der Waals surface area contributed by atoms with Crippen molar-refractivity contribution in [3.05, 3.63) is 27.3 Å². The summed E-state index contributed by atoms with van der Waals surface area (Å²) in [6.45, 7) is 7.12. The van der Waals surface area contributed by atoms with Crippen LogP contribution in [0, 0.1) is 13.8 Å². The highest BCUT2D eigenvalue weighted by atomic mass is 32.1. The molecule has 0 bridgehead atoms. The molecule has 2 aromatic rings. The van der Waals surface area contributed by atoms with E-state index in [0.717, 1.165) is 40.8 Å². The van der Waals surface area contributed by atoms with Gasteiger partial charge in [-0.15, -0.1) is 11.3 Å². The van der Waals surface area contributed by atoms with E-state index < -0.39 is 0 Å². The van der Waals surface area contributed by atoms with Crippen LogP contribution in [0.15, 0.2) is 5.38 Å². The van der Waals surface area contributed by atoms with Gasteiger partial charge in [0.2, 0.25) is 5.88 Å². The first-order valence-corrected chi connectivity index (χ1v) is 7.69. The second-order valence-corrected chi connectivity index (χ2v) is 5.74. The third kappa shape index (κ3) is 2.86. The first kappa shape index (κ1) is 15.0. The Kier molecular flexibility index (Phi) is 4.77. The van der Waals surface area contributed by atoms with Gasteiger partial charge in [0.15, 0.2) is 0 Å². The summed E-state index contributed by atoms with van der Waals surface area (Å²) in [5, 5.41) is 11.2. The maximum Gasteiger partial charge on any atom is 0.216 e. The van der Waals surface area contributed by atoms with Crippen LogP contribution in [0.25, 0.3) is 0 Å². The molecule has 1 atom stereocenters. The van der Waals surface area contributed by atoms with Crippen LogP contribution in [-0.2, 0) is 7.05 Å². The van der Waals surface area contributed by atoms with Gasteiger partial charge in [-0.25, -0.2) is 9.67 Å². The smallest absolute Gasteiger partial charge is 0.216 e. The van der Waals surface area contributed by atoms with Gasteiger partial charge in [0.1, 0.15) is 5.01 Å². The monoisotopic (exact) mass is 294 g/mol. The molecule has 110 valence electrons. The number of nitrogens with zero attached hydrogens (tertiary/aromatic N) is 3. The van der Waals surface area contributed by atoms with E-state index in [2.05, 4.69) is 27.7 Å². The number of aromatic nitrogens is 3. The molecule has 20 heavy (non-hydrogen) atoms. The molecular weight excluding hydrogens is 272 g/mol. The number of nitrogens with one attached hydrogen (secondary N) is 1. The minimum Gasteiger partial charge on any atom is -0.481 e. The van der Waals surface area contributed by atoms with E-state index in [4.69, 9.17) is 4.74 Å². The Bertz CT molecular complexity index is 576. The van der Waals surface area contributed by atoms with Crippen molar-refractivity contribution >= 4 is 11.3 Å². The fraction of sp³-hybridized carbons (Fsp3) is 0.571. The van der Waals surface area contributed by atoms with Crippen molar-refractivity contribution in [2.75, 3.05) is 13.7 Å². The van der Waals surface area contributed by atoms with Gasteiger partial charge in [0.25, 0.3) is 0 Å². The Balaban J connectivity index is 2.46. The Morgan fingerprint density at radius 2 is 2.20 bits per heavy atom. The van der Waals surface area contributed by atoms with Crippen molar-refractivity contribution in [2.45, 2.75) is 33.2 Å². The van der Waals surface area contributed by atoms with Crippen LogP contribution in [0.1, 0.15) is 41.3 Å². The van der Waals surface area contributed by atoms with Crippen LogP contribution in [0.5, 0.6) is 5.88 Å². The molecule has 0 radical (unpaired) electrons. The first-order valence-electron chi connectivity index (χ1n) is 6.81. The minimum absolute atomic E-state index is 0.0392. The van der Waals surface area contributed by atoms with E-state index in [1.807, 2.05) is 20.9 Å². The van der Waals surface area contributed by atoms with Crippen molar-refractivity contribution in [1.29, 1.82) is 0 Å². The van der Waals surface area contributed by atoms with Crippen molar-refractivity contribution < 1.29 is 4.74 Å². The van der Waals surface area contributed by atoms with Gasteiger partial charge >= 0.3 is 0 Å². The van der Waals surface area contributed by atoms with Gasteiger partial charge < -0.3 is 10.1 Å². The highest BCUT2D eigenvalue weighted by molar-refractivity contribution is 7.09. The highest BCUT2D eigenvalue weighted by Crippen LogP contribution is 2.33. The normalized spacial score (nSPS) is 12.7. The van der Waals surface area contributed by atoms with E-state index >= 15 is 0 Å². The quantitative estimate of drug-likeness (QED) is 0.889. The lowest BCUT2D eigenvalue weighted by Gasteiger charge is -2.17. The lowest BCUT2D eigenvalue weighted by Crippen LogP contribution is -2.24. The second-order valence-electron chi connectivity index (χ2n) is 4.85. The number of hydrogen-bond donors (Lipinski definition) is 1. The maximum absolute atomic E-state index is 5.52. The summed E-state index contributed by atoms with van der Waals surface area (Å²) in [5.41, 5.74) is 3.11. The summed E-state index contributed by atoms with van der Waals surface area (Å²) < 4.78 is 7.31. The maximum atomic E-state index is 5.52. The molecule has 0 saturated carbocycles. The van der Waals surface area contributed by atoms with E-state index in [1.54, 1.807) is 23.1 Å². The van der Waals surface area contributed by atoms with Crippen LogP contribution in [0.3, 0.4) is 0 Å². The zero-order valence-electron chi connectivity index (χ0n) is 12.7. The molecule has 2 aromatic heterocycles. The molecule has 0 fully saturated rings. The van der Waals surface area contributed by atoms with Gasteiger partial charge in [0, 0.05) is 18.1 Å². The van der Waals surface area contributed by atoms with Crippen LogP contribution in [0.2, 0.25) is 0 Å². The molecule has 0 saturated heterocycles. The minimum atomic E-state index is 0.0392. The van der Waals surface area contributed by atoms with Crippen LogP contribution in [-0.4, -0.2) is 28.4 Å². The molecule has 0 aliphatic rings. The fourth-order valence-electron chi connectivity index (χ4n) is 2.33. The molecule has 2 rings (SSSR count). The number of thiazole rings is 1. The van der Waals surface area contributed by atoms with Crippen molar-refractivity contribution in [3.8, 4) is 5.88 Å². The molecule has 5 nitrogen and oxygen atoms in total. The Hall–Kier alpha value is -1.40. The third-order valence-electron chi connectivity index (χ3n) is 3.18. The van der Waals surface area contributed by atoms with Gasteiger partial charge in [-0.05, 0) is 26.8 Å². The molecule has 2 heterocycles. The van der Waals surface area contributed by atoms with Crippen molar-refractivity contribution in [2.24, 2.45) is 7.05 Å². The predicted molar refractivity (Wildman–Crippen MR) is 81.5 cm³/mol. The summed E-state index contributed by atoms with van der Waals surface area (Å²) >= 11 is 1.67. The molecule has 6 heteroatoms. The molecule has 0 aliphatic heterocycles. The Labute approximate surface area is 124 Å². The largest absolute Gasteiger partial charge is 0.481 e. The van der Waals surface area contributed by atoms with E-state index in [1.165, 1.54) is 0 Å². The van der Waals surface area contributed by atoms with Crippen molar-refractivity contribution in [3.63, 3.8) is 0 Å². The number of methoxy groups -OCH3 is 1. The van der Waals surface area contributed by atoms with Crippen LogP contribution >= 0.6 is 11.3 Å². The molecular formula is C14H22N4OS. The zero-order chi connectivity index (χ0) is 14.7. The van der Waals surface area contributed by atoms with E-state index in [0.29, 0.717) is 0 Å². The lowest BCUT2D eigenvalue weighted by molar-refractivity contribution is 0.365. The second kappa shape index (κ2) is 6.37. The van der Waals surface area contributed by atoms with Crippen LogP contribution in [0.4, 0.5) is 0 Å². The summed E-state index contributed by atoms with van der Waals surface area (Å²) in [5.74, 6) is 0.795. The van der Waals surface area contributed by atoms with Crippen LogP contribution < -0.4 is 10.1 Å². The molecule has 0 aromatic carbocycles. The standard InChI is InChI=1S/C14H22N4OS/c1-6-7-15-12(13-16-9(2)8-20-13)11-10(3)17-18(4)14(11)19-5/h8,12,15H,6-7H2,1-5H3. The van der Waals surface area contributed by atoms with Gasteiger partial charge in [0.05, 0.1) is 24.4 Å². The molecule has 0 spiro atoms. The average Bonchev–Trinajstić information content (AvgIpc) is 2.95. The van der Waals surface area contributed by atoms with Gasteiger partial charge in [-0.2, -0.15) is 5.10 Å². The van der Waals surface area contributed by atoms with E-state index in [9.17, 15) is 0 Å². The molecule has 1 unspecified atom stereocenters. The average molecular weight is 294 g/mol. The number of ether oxygens (including phenoxy) is 1. The molecule has 0 amide bonds. The van der Waals surface area contributed by atoms with Gasteiger partial charge in [-0.1, -0.05) is 6.92 Å². The van der Waals surface area contributed by atoms with Crippen molar-refractivity contribution in [1.82, 2.24) is 20.1 Å². The summed E-state index contributed by atoms with van der Waals surface area (Å²) in [6, 6.07) is 0.0392. The number of aryl methyl sites for hydroxylation is 3. The SMILES string of the molecule is CCCNC(c1nc(C)cs1)c1c(C)nn(C)c1OC. The topological polar surface area (TPSA) is 52.0 Å². The third-order valence-corrected chi connectivity index (χ3v) is 4.21. The van der Waals surface area contributed by atoms with Gasteiger partial charge in [-0.3, -0.25) is 0 Å². The highest BCUT2D eigenvalue weighted by Gasteiger charge is 2.26. The van der Waals surface area contributed by atoms with E-state index in [-0.39, 0.29) is 6.04 Å².